The number of para-hydroxylation sites is 1. The summed E-state index contributed by atoms with van der Waals surface area (Å²) in [6, 6.07) is 9.22. The molecule has 0 atom stereocenters. The maximum Gasteiger partial charge on any atom is 0.416 e. The number of hydrogen-bond donors (Lipinski definition) is 2. The van der Waals surface area contributed by atoms with E-state index >= 15 is 0 Å². The van der Waals surface area contributed by atoms with Crippen LogP contribution in [-0.4, -0.2) is 34.1 Å². The van der Waals surface area contributed by atoms with E-state index in [9.17, 15) is 26.4 Å². The molecule has 6 nitrogen and oxygen atoms in total. The summed E-state index contributed by atoms with van der Waals surface area (Å²) in [6.07, 6.45) is -4.09. The van der Waals surface area contributed by atoms with E-state index in [1.807, 2.05) is 6.92 Å². The highest BCUT2D eigenvalue weighted by molar-refractivity contribution is 7.92. The molecular formula is C19H21F3N2O4S. The van der Waals surface area contributed by atoms with Crippen LogP contribution >= 0.6 is 0 Å². The summed E-state index contributed by atoms with van der Waals surface area (Å²) in [5.74, 6) is -0.510. The molecule has 2 aromatic rings. The third-order valence-corrected chi connectivity index (χ3v) is 5.21. The fraction of sp³-hybridized carbons (Fsp3) is 0.316. The van der Waals surface area contributed by atoms with Gasteiger partial charge in [-0.3, -0.25) is 9.52 Å². The Kier molecular flexibility index (Phi) is 7.63. The molecule has 0 bridgehead atoms. The Hall–Kier alpha value is -2.59. The fourth-order valence-corrected chi connectivity index (χ4v) is 3.55. The second-order valence-electron chi connectivity index (χ2n) is 5.98. The number of alkyl halides is 3. The Bertz CT molecular complexity index is 946. The number of rotatable bonds is 9. The van der Waals surface area contributed by atoms with Crippen molar-refractivity contribution in [3.8, 4) is 0 Å². The summed E-state index contributed by atoms with van der Waals surface area (Å²) < 4.78 is 71.1. The van der Waals surface area contributed by atoms with Crippen LogP contribution < -0.4 is 10.0 Å². The lowest BCUT2D eigenvalue weighted by Gasteiger charge is -2.14. The predicted octanol–water partition coefficient (Wildman–Crippen LogP) is 3.66. The van der Waals surface area contributed by atoms with Crippen molar-refractivity contribution < 1.29 is 31.1 Å². The van der Waals surface area contributed by atoms with Crippen molar-refractivity contribution in [3.05, 3.63) is 59.7 Å². The molecule has 0 fully saturated rings. The van der Waals surface area contributed by atoms with Crippen LogP contribution in [0.25, 0.3) is 0 Å². The topological polar surface area (TPSA) is 84.5 Å². The van der Waals surface area contributed by atoms with E-state index in [0.29, 0.717) is 32.2 Å². The van der Waals surface area contributed by atoms with Crippen LogP contribution in [0, 0.1) is 0 Å². The van der Waals surface area contributed by atoms with Crippen molar-refractivity contribution in [2.75, 3.05) is 24.5 Å². The Morgan fingerprint density at radius 3 is 2.52 bits per heavy atom. The van der Waals surface area contributed by atoms with Crippen LogP contribution in [-0.2, 0) is 20.9 Å². The van der Waals surface area contributed by atoms with E-state index in [0.717, 1.165) is 18.2 Å². The lowest BCUT2D eigenvalue weighted by atomic mass is 10.1. The van der Waals surface area contributed by atoms with Crippen LogP contribution in [0.1, 0.15) is 29.3 Å². The number of carbonyl (C=O) groups excluding carboxylic acids is 1. The van der Waals surface area contributed by atoms with Crippen molar-refractivity contribution in [3.63, 3.8) is 0 Å². The van der Waals surface area contributed by atoms with Crippen LogP contribution in [0.15, 0.2) is 53.4 Å². The average molecular weight is 430 g/mol. The number of ether oxygens (including phenoxy) is 1. The van der Waals surface area contributed by atoms with Gasteiger partial charge in [0.2, 0.25) is 0 Å². The van der Waals surface area contributed by atoms with Crippen LogP contribution in [0.5, 0.6) is 0 Å². The quantitative estimate of drug-likeness (QED) is 0.595. The number of carbonyl (C=O) groups is 1. The maximum absolute atomic E-state index is 12.9. The van der Waals surface area contributed by atoms with Gasteiger partial charge < -0.3 is 10.1 Å². The van der Waals surface area contributed by atoms with E-state index in [-0.39, 0.29) is 11.3 Å². The molecule has 0 unspecified atom stereocenters. The molecule has 10 heteroatoms. The zero-order chi connectivity index (χ0) is 21.5. The van der Waals surface area contributed by atoms with E-state index < -0.39 is 32.6 Å². The van der Waals surface area contributed by atoms with Crippen LogP contribution in [0.3, 0.4) is 0 Å². The number of sulfonamides is 1. The zero-order valence-corrected chi connectivity index (χ0v) is 16.4. The minimum atomic E-state index is -4.68. The van der Waals surface area contributed by atoms with Crippen molar-refractivity contribution in [2.24, 2.45) is 0 Å². The molecule has 158 valence electrons. The number of amides is 1. The molecule has 0 aromatic heterocycles. The van der Waals surface area contributed by atoms with E-state index in [2.05, 4.69) is 10.0 Å². The van der Waals surface area contributed by atoms with Gasteiger partial charge >= 0.3 is 6.18 Å². The molecule has 29 heavy (non-hydrogen) atoms. The maximum atomic E-state index is 12.9. The van der Waals surface area contributed by atoms with Gasteiger partial charge in [-0.25, -0.2) is 8.42 Å². The lowest BCUT2D eigenvalue weighted by Crippen LogP contribution is -2.27. The first kappa shape index (κ1) is 22.7. The van der Waals surface area contributed by atoms with Gasteiger partial charge in [-0.1, -0.05) is 18.2 Å². The minimum Gasteiger partial charge on any atom is -0.382 e. The Balaban J connectivity index is 2.19. The molecule has 0 saturated carbocycles. The van der Waals surface area contributed by atoms with Crippen LogP contribution in [0.4, 0.5) is 18.9 Å². The van der Waals surface area contributed by atoms with Gasteiger partial charge in [0.25, 0.3) is 15.9 Å². The summed E-state index contributed by atoms with van der Waals surface area (Å²) in [5, 5.41) is 2.65. The number of nitrogens with one attached hydrogen (secondary N) is 2. The van der Waals surface area contributed by atoms with Gasteiger partial charge in [-0.2, -0.15) is 13.2 Å². The first-order valence-corrected chi connectivity index (χ1v) is 10.3. The molecule has 1 amide bonds. The van der Waals surface area contributed by atoms with Gasteiger partial charge in [0.05, 0.1) is 21.7 Å². The highest BCUT2D eigenvalue weighted by Gasteiger charge is 2.31. The number of halogens is 3. The van der Waals surface area contributed by atoms with Gasteiger partial charge in [-0.15, -0.1) is 0 Å². The summed E-state index contributed by atoms with van der Waals surface area (Å²) in [5.41, 5.74) is -1.06. The van der Waals surface area contributed by atoms with Gasteiger partial charge in [0, 0.05) is 19.8 Å². The predicted molar refractivity (Wildman–Crippen MR) is 102 cm³/mol. The van der Waals surface area contributed by atoms with Crippen molar-refractivity contribution in [1.82, 2.24) is 5.32 Å². The molecule has 0 spiro atoms. The Morgan fingerprint density at radius 1 is 1.10 bits per heavy atom. The standard InChI is InChI=1S/C19H21F3N2O4S/c1-2-28-12-6-11-23-18(25)16-9-3-4-10-17(16)24-29(26,27)15-8-5-7-14(13-15)19(20,21)22/h3-5,7-10,13,24H,2,6,11-12H2,1H3,(H,23,25). The highest BCUT2D eigenvalue weighted by atomic mass is 32.2. The third-order valence-electron chi connectivity index (χ3n) is 3.84. The minimum absolute atomic E-state index is 0.0350. The second-order valence-corrected chi connectivity index (χ2v) is 7.67. The van der Waals surface area contributed by atoms with Crippen molar-refractivity contribution in [1.29, 1.82) is 0 Å². The number of hydrogen-bond acceptors (Lipinski definition) is 4. The van der Waals surface area contributed by atoms with E-state index in [1.165, 1.54) is 18.2 Å². The fourth-order valence-electron chi connectivity index (χ4n) is 2.43. The van der Waals surface area contributed by atoms with E-state index in [4.69, 9.17) is 4.74 Å². The summed E-state index contributed by atoms with van der Waals surface area (Å²) in [7, 11) is -4.33. The SMILES string of the molecule is CCOCCCNC(=O)c1ccccc1NS(=O)(=O)c1cccc(C(F)(F)F)c1. The first-order chi connectivity index (χ1) is 13.6. The lowest BCUT2D eigenvalue weighted by molar-refractivity contribution is -0.137. The zero-order valence-electron chi connectivity index (χ0n) is 15.6. The molecule has 0 heterocycles. The molecule has 0 saturated heterocycles. The van der Waals surface area contributed by atoms with Gasteiger partial charge in [-0.05, 0) is 43.7 Å². The first-order valence-electron chi connectivity index (χ1n) is 8.80. The second kappa shape index (κ2) is 9.75. The molecule has 0 aliphatic rings. The highest BCUT2D eigenvalue weighted by Crippen LogP contribution is 2.31. The third kappa shape index (κ3) is 6.47. The van der Waals surface area contributed by atoms with Crippen molar-refractivity contribution >= 4 is 21.6 Å². The molecule has 0 aliphatic carbocycles. The molecule has 0 radical (unpaired) electrons. The molecular weight excluding hydrogens is 409 g/mol. The molecule has 0 aliphatic heterocycles. The van der Waals surface area contributed by atoms with Crippen LogP contribution in [0.2, 0.25) is 0 Å². The average Bonchev–Trinajstić information content (AvgIpc) is 2.67. The molecule has 2 rings (SSSR count). The van der Waals surface area contributed by atoms with Crippen molar-refractivity contribution in [2.45, 2.75) is 24.4 Å². The smallest absolute Gasteiger partial charge is 0.382 e. The van der Waals surface area contributed by atoms with Gasteiger partial charge in [0.15, 0.2) is 0 Å². The normalized spacial score (nSPS) is 11.9. The monoisotopic (exact) mass is 430 g/mol. The largest absolute Gasteiger partial charge is 0.416 e. The molecule has 2 aromatic carbocycles. The summed E-state index contributed by atoms with van der Waals surface area (Å²) in [4.78, 5) is 11.8. The van der Waals surface area contributed by atoms with E-state index in [1.54, 1.807) is 6.07 Å². The Morgan fingerprint density at radius 2 is 1.83 bits per heavy atom. The Labute approximate surface area is 167 Å². The van der Waals surface area contributed by atoms with Gasteiger partial charge in [0.1, 0.15) is 0 Å². The summed E-state index contributed by atoms with van der Waals surface area (Å²) >= 11 is 0. The molecule has 2 N–H and O–H groups in total. The summed E-state index contributed by atoms with van der Waals surface area (Å²) in [6.45, 7) is 3.22. The number of anilines is 1. The number of benzene rings is 2.